The average Bonchev–Trinajstić information content (AvgIpc) is 2.34. The van der Waals surface area contributed by atoms with Gasteiger partial charge in [0.2, 0.25) is 0 Å². The highest BCUT2D eigenvalue weighted by atomic mass is 16.6. The van der Waals surface area contributed by atoms with Crippen LogP contribution in [-0.4, -0.2) is 24.7 Å². The third kappa shape index (κ3) is 5.70. The largest absolute Gasteiger partial charge is 0.385 e. The molecule has 0 fully saturated rings. The van der Waals surface area contributed by atoms with E-state index >= 15 is 0 Å². The van der Waals surface area contributed by atoms with Crippen LogP contribution in [0.1, 0.15) is 25.8 Å². The highest BCUT2D eigenvalue weighted by molar-refractivity contribution is 5.56. The van der Waals surface area contributed by atoms with Crippen molar-refractivity contribution < 1.29 is 9.66 Å². The zero-order chi connectivity index (χ0) is 14.3. The number of rotatable bonds is 8. The Morgan fingerprint density at radius 3 is 2.79 bits per heavy atom. The summed E-state index contributed by atoms with van der Waals surface area (Å²) in [5, 5.41) is 13.9. The number of nitrogens with zero attached hydrogens (tertiary/aromatic N) is 1. The first-order valence-electron chi connectivity index (χ1n) is 6.57. The number of ether oxygens (including phenoxy) is 1. The Morgan fingerprint density at radius 1 is 1.42 bits per heavy atom. The number of nitrogens with one attached hydrogen (secondary N) is 1. The van der Waals surface area contributed by atoms with Gasteiger partial charge in [0.1, 0.15) is 0 Å². The fourth-order valence-corrected chi connectivity index (χ4v) is 1.63. The number of hydrogen-bond acceptors (Lipinski definition) is 4. The summed E-state index contributed by atoms with van der Waals surface area (Å²) in [5.74, 6) is 0.548. The second-order valence-corrected chi connectivity index (χ2v) is 5.01. The van der Waals surface area contributed by atoms with Crippen LogP contribution in [0.5, 0.6) is 0 Å². The topological polar surface area (TPSA) is 64.4 Å². The smallest absolute Gasteiger partial charge is 0.271 e. The Bertz CT molecular complexity index is 419. The number of non-ortho nitro benzene ring substituents is 1. The number of nitro groups is 1. The maximum absolute atomic E-state index is 10.7. The van der Waals surface area contributed by atoms with Gasteiger partial charge in [-0.3, -0.25) is 10.1 Å². The van der Waals surface area contributed by atoms with E-state index in [0.717, 1.165) is 30.8 Å². The molecule has 0 atom stereocenters. The van der Waals surface area contributed by atoms with Crippen molar-refractivity contribution in [2.24, 2.45) is 5.92 Å². The van der Waals surface area contributed by atoms with E-state index < -0.39 is 0 Å². The monoisotopic (exact) mass is 266 g/mol. The van der Waals surface area contributed by atoms with Gasteiger partial charge < -0.3 is 10.1 Å². The molecule has 0 amide bonds. The van der Waals surface area contributed by atoms with Gasteiger partial charge in [-0.15, -0.1) is 0 Å². The molecule has 5 heteroatoms. The van der Waals surface area contributed by atoms with Crippen LogP contribution in [-0.2, 0) is 4.74 Å². The third-order valence-electron chi connectivity index (χ3n) is 2.66. The van der Waals surface area contributed by atoms with Gasteiger partial charge in [0.05, 0.1) is 4.92 Å². The molecule has 1 aromatic carbocycles. The van der Waals surface area contributed by atoms with E-state index in [9.17, 15) is 10.1 Å². The number of anilines is 1. The fraction of sp³-hybridized carbons (Fsp3) is 0.571. The van der Waals surface area contributed by atoms with E-state index in [1.165, 1.54) is 6.07 Å². The first-order valence-corrected chi connectivity index (χ1v) is 6.57. The van der Waals surface area contributed by atoms with E-state index in [1.54, 1.807) is 12.1 Å². The van der Waals surface area contributed by atoms with Gasteiger partial charge in [0.25, 0.3) is 5.69 Å². The lowest BCUT2D eigenvalue weighted by molar-refractivity contribution is -0.384. The molecule has 0 spiro atoms. The lowest BCUT2D eigenvalue weighted by atomic mass is 10.2. The summed E-state index contributed by atoms with van der Waals surface area (Å²) >= 11 is 0. The van der Waals surface area contributed by atoms with Crippen molar-refractivity contribution in [3.8, 4) is 0 Å². The molecular formula is C14H22N2O3. The van der Waals surface area contributed by atoms with Gasteiger partial charge in [-0.1, -0.05) is 19.9 Å². The molecule has 0 radical (unpaired) electrons. The molecule has 0 saturated heterocycles. The molecule has 0 heterocycles. The van der Waals surface area contributed by atoms with E-state index in [-0.39, 0.29) is 10.6 Å². The van der Waals surface area contributed by atoms with Gasteiger partial charge in [0, 0.05) is 37.6 Å². The summed E-state index contributed by atoms with van der Waals surface area (Å²) in [6, 6.07) is 4.85. The van der Waals surface area contributed by atoms with Crippen LogP contribution in [0.3, 0.4) is 0 Å². The van der Waals surface area contributed by atoms with Crippen LogP contribution in [0, 0.1) is 23.0 Å². The van der Waals surface area contributed by atoms with Gasteiger partial charge in [-0.2, -0.15) is 0 Å². The molecule has 0 saturated carbocycles. The minimum atomic E-state index is -0.379. The summed E-state index contributed by atoms with van der Waals surface area (Å²) in [5.41, 5.74) is 1.94. The summed E-state index contributed by atoms with van der Waals surface area (Å²) in [4.78, 5) is 10.3. The van der Waals surface area contributed by atoms with Crippen molar-refractivity contribution in [1.29, 1.82) is 0 Å². The second-order valence-electron chi connectivity index (χ2n) is 5.01. The van der Waals surface area contributed by atoms with Crippen molar-refractivity contribution in [1.82, 2.24) is 0 Å². The van der Waals surface area contributed by atoms with Gasteiger partial charge >= 0.3 is 0 Å². The van der Waals surface area contributed by atoms with Crippen molar-refractivity contribution in [3.05, 3.63) is 33.9 Å². The van der Waals surface area contributed by atoms with Crippen LogP contribution in [0.15, 0.2) is 18.2 Å². The second kappa shape index (κ2) is 7.74. The SMILES string of the molecule is Cc1ccc([N+](=O)[O-])cc1NCCCOCC(C)C. The van der Waals surface area contributed by atoms with Crippen molar-refractivity contribution in [2.75, 3.05) is 25.1 Å². The minimum absolute atomic E-state index is 0.115. The Balaban J connectivity index is 2.36. The molecule has 1 aromatic rings. The van der Waals surface area contributed by atoms with Crippen LogP contribution in [0.2, 0.25) is 0 Å². The van der Waals surface area contributed by atoms with Crippen molar-refractivity contribution in [3.63, 3.8) is 0 Å². The summed E-state index contributed by atoms with van der Waals surface area (Å²) in [6.45, 7) is 8.39. The first-order chi connectivity index (χ1) is 9.00. The van der Waals surface area contributed by atoms with Crippen LogP contribution >= 0.6 is 0 Å². The first kappa shape index (κ1) is 15.4. The molecule has 5 nitrogen and oxygen atoms in total. The lowest BCUT2D eigenvalue weighted by Crippen LogP contribution is -2.09. The molecule has 0 bridgehead atoms. The number of hydrogen-bond donors (Lipinski definition) is 1. The molecule has 0 aliphatic rings. The normalized spacial score (nSPS) is 10.7. The van der Waals surface area contributed by atoms with Crippen molar-refractivity contribution in [2.45, 2.75) is 27.2 Å². The molecule has 0 aliphatic carbocycles. The molecule has 1 rings (SSSR count). The van der Waals surface area contributed by atoms with Gasteiger partial charge in [-0.25, -0.2) is 0 Å². The van der Waals surface area contributed by atoms with Crippen molar-refractivity contribution >= 4 is 11.4 Å². The van der Waals surface area contributed by atoms with Crippen LogP contribution in [0.25, 0.3) is 0 Å². The van der Waals surface area contributed by atoms with E-state index in [2.05, 4.69) is 19.2 Å². The Morgan fingerprint density at radius 2 is 2.16 bits per heavy atom. The van der Waals surface area contributed by atoms with E-state index in [4.69, 9.17) is 4.74 Å². The van der Waals surface area contributed by atoms with E-state index in [0.29, 0.717) is 12.5 Å². The van der Waals surface area contributed by atoms with Crippen LogP contribution in [0.4, 0.5) is 11.4 Å². The Labute approximate surface area is 114 Å². The highest BCUT2D eigenvalue weighted by Crippen LogP contribution is 2.21. The molecule has 0 aliphatic heterocycles. The van der Waals surface area contributed by atoms with E-state index in [1.807, 2.05) is 6.92 Å². The van der Waals surface area contributed by atoms with Crippen LogP contribution < -0.4 is 5.32 Å². The molecule has 0 unspecified atom stereocenters. The number of nitro benzene ring substituents is 1. The van der Waals surface area contributed by atoms with Gasteiger partial charge in [-0.05, 0) is 24.8 Å². The molecule has 106 valence electrons. The summed E-state index contributed by atoms with van der Waals surface area (Å²) in [7, 11) is 0. The Hall–Kier alpha value is -1.62. The zero-order valence-corrected chi connectivity index (χ0v) is 11.8. The maximum atomic E-state index is 10.7. The molecule has 0 aromatic heterocycles. The zero-order valence-electron chi connectivity index (χ0n) is 11.8. The number of aryl methyl sites for hydroxylation is 1. The number of benzene rings is 1. The average molecular weight is 266 g/mol. The quantitative estimate of drug-likeness (QED) is 0.445. The molecule has 1 N–H and O–H groups in total. The van der Waals surface area contributed by atoms with Gasteiger partial charge in [0.15, 0.2) is 0 Å². The molecular weight excluding hydrogens is 244 g/mol. The summed E-state index contributed by atoms with van der Waals surface area (Å²) in [6.07, 6.45) is 0.884. The maximum Gasteiger partial charge on any atom is 0.271 e. The molecule has 19 heavy (non-hydrogen) atoms. The highest BCUT2D eigenvalue weighted by Gasteiger charge is 2.07. The fourth-order valence-electron chi connectivity index (χ4n) is 1.63. The summed E-state index contributed by atoms with van der Waals surface area (Å²) < 4.78 is 5.48. The Kier molecular flexibility index (Phi) is 6.29. The predicted octanol–water partition coefficient (Wildman–Crippen LogP) is 3.38. The lowest BCUT2D eigenvalue weighted by Gasteiger charge is -2.10. The standard InChI is InChI=1S/C14H22N2O3/c1-11(2)10-19-8-4-7-15-14-9-13(16(17)18)6-5-12(14)3/h5-6,9,11,15H,4,7-8,10H2,1-3H3. The predicted molar refractivity (Wildman–Crippen MR) is 76.6 cm³/mol. The third-order valence-corrected chi connectivity index (χ3v) is 2.66. The minimum Gasteiger partial charge on any atom is -0.385 e.